The number of carboxylic acid groups (broad SMARTS) is 1. The smallest absolute Gasteiger partial charge is 0.407 e. The largest absolute Gasteiger partial charge is 0.490 e. The SMILES string of the molecule is CC(C)(C)OC(=O)N[C@H]1C[C@H](Oc2ccc(C(C)(C)c3ccc(Oc4cnc(C(=O)O)nc4)cc3)cc2)C1. The molecule has 0 bridgehead atoms. The van der Waals surface area contributed by atoms with Crippen LogP contribution in [0.25, 0.3) is 0 Å². The van der Waals surface area contributed by atoms with Gasteiger partial charge in [0.2, 0.25) is 5.82 Å². The number of aromatic nitrogens is 2. The van der Waals surface area contributed by atoms with Gasteiger partial charge in [-0.2, -0.15) is 0 Å². The van der Waals surface area contributed by atoms with Crippen molar-refractivity contribution in [1.29, 1.82) is 0 Å². The van der Waals surface area contributed by atoms with E-state index in [1.54, 1.807) is 0 Å². The van der Waals surface area contributed by atoms with Crippen LogP contribution in [0.1, 0.15) is 69.2 Å². The lowest BCUT2D eigenvalue weighted by molar-refractivity contribution is 0.0362. The third-order valence-corrected chi connectivity index (χ3v) is 6.33. The third-order valence-electron chi connectivity index (χ3n) is 6.33. The van der Waals surface area contributed by atoms with Crippen LogP contribution < -0.4 is 14.8 Å². The number of aromatic carboxylic acids is 1. The van der Waals surface area contributed by atoms with Crippen molar-refractivity contribution in [2.75, 3.05) is 0 Å². The summed E-state index contributed by atoms with van der Waals surface area (Å²) in [5.41, 5.74) is 1.46. The Morgan fingerprint density at radius 2 is 1.37 bits per heavy atom. The zero-order chi connectivity index (χ0) is 27.5. The maximum atomic E-state index is 11.9. The van der Waals surface area contributed by atoms with Gasteiger partial charge in [0, 0.05) is 24.3 Å². The molecule has 1 aromatic heterocycles. The third kappa shape index (κ3) is 6.79. The lowest BCUT2D eigenvalue weighted by Crippen LogP contribution is -2.50. The fourth-order valence-corrected chi connectivity index (χ4v) is 4.12. The number of amides is 1. The number of nitrogens with one attached hydrogen (secondary N) is 1. The number of nitrogens with zero attached hydrogens (tertiary/aromatic N) is 2. The zero-order valence-electron chi connectivity index (χ0n) is 22.2. The van der Waals surface area contributed by atoms with Gasteiger partial charge in [-0.25, -0.2) is 19.6 Å². The standard InChI is InChI=1S/C29H33N3O6/c1-28(2,3)38-27(35)32-20-14-23(15-20)36-21-10-6-18(7-11-21)29(4,5)19-8-12-22(13-9-19)37-24-16-30-25(26(33)34)31-17-24/h6-13,16-17,20,23H,14-15H2,1-5H3,(H,32,35)(H,33,34)/t20-,23-. The second-order valence-corrected chi connectivity index (χ2v) is 10.9. The summed E-state index contributed by atoms with van der Waals surface area (Å²) in [5.74, 6) is 0.283. The van der Waals surface area contributed by atoms with E-state index in [9.17, 15) is 9.59 Å². The molecule has 0 unspecified atom stereocenters. The van der Waals surface area contributed by atoms with Crippen molar-refractivity contribution in [3.8, 4) is 17.2 Å². The Morgan fingerprint density at radius 1 is 0.842 bits per heavy atom. The fourth-order valence-electron chi connectivity index (χ4n) is 4.12. The number of rotatable bonds is 8. The van der Waals surface area contributed by atoms with Gasteiger partial charge in [0.15, 0.2) is 5.75 Å². The molecule has 1 fully saturated rings. The Balaban J connectivity index is 1.30. The average Bonchev–Trinajstić information content (AvgIpc) is 2.82. The molecule has 0 spiro atoms. The predicted octanol–water partition coefficient (Wildman–Crippen LogP) is 5.73. The van der Waals surface area contributed by atoms with Gasteiger partial charge in [0.05, 0.1) is 12.4 Å². The number of alkyl carbamates (subject to hydrolysis) is 1. The summed E-state index contributed by atoms with van der Waals surface area (Å²) in [7, 11) is 0. The van der Waals surface area contributed by atoms with Crippen molar-refractivity contribution in [2.24, 2.45) is 0 Å². The van der Waals surface area contributed by atoms with Crippen LogP contribution in [0.3, 0.4) is 0 Å². The first-order valence-corrected chi connectivity index (χ1v) is 12.5. The van der Waals surface area contributed by atoms with Crippen LogP contribution in [-0.4, -0.2) is 44.9 Å². The summed E-state index contributed by atoms with van der Waals surface area (Å²) < 4.78 is 17.1. The van der Waals surface area contributed by atoms with Crippen molar-refractivity contribution in [3.63, 3.8) is 0 Å². The minimum Gasteiger partial charge on any atom is -0.490 e. The first-order valence-electron chi connectivity index (χ1n) is 12.5. The number of carbonyl (C=O) groups excluding carboxylic acids is 1. The highest BCUT2D eigenvalue weighted by atomic mass is 16.6. The van der Waals surface area contributed by atoms with Gasteiger partial charge in [0.25, 0.3) is 0 Å². The van der Waals surface area contributed by atoms with Crippen LogP contribution in [-0.2, 0) is 10.2 Å². The van der Waals surface area contributed by atoms with Crippen molar-refractivity contribution < 1.29 is 28.9 Å². The molecule has 0 radical (unpaired) electrons. The summed E-state index contributed by atoms with van der Waals surface area (Å²) in [6, 6.07) is 15.9. The Labute approximate surface area is 222 Å². The van der Waals surface area contributed by atoms with Gasteiger partial charge < -0.3 is 24.6 Å². The second kappa shape index (κ2) is 10.7. The first-order chi connectivity index (χ1) is 17.9. The Bertz CT molecular complexity index is 1260. The fraction of sp³-hybridized carbons (Fsp3) is 0.379. The maximum absolute atomic E-state index is 11.9. The van der Waals surface area contributed by atoms with Crippen LogP contribution in [0.2, 0.25) is 0 Å². The first kappa shape index (κ1) is 26.9. The van der Waals surface area contributed by atoms with Gasteiger partial charge in [-0.3, -0.25) is 0 Å². The highest BCUT2D eigenvalue weighted by Crippen LogP contribution is 2.35. The normalized spacial score (nSPS) is 17.2. The molecule has 9 heteroatoms. The lowest BCUT2D eigenvalue weighted by Gasteiger charge is -2.36. The summed E-state index contributed by atoms with van der Waals surface area (Å²) in [4.78, 5) is 30.3. The monoisotopic (exact) mass is 519 g/mol. The van der Waals surface area contributed by atoms with E-state index in [1.807, 2.05) is 57.2 Å². The molecule has 0 atom stereocenters. The molecule has 1 amide bonds. The molecule has 1 aliphatic rings. The Kier molecular flexibility index (Phi) is 7.57. The van der Waals surface area contributed by atoms with E-state index in [4.69, 9.17) is 19.3 Å². The zero-order valence-corrected chi connectivity index (χ0v) is 22.2. The van der Waals surface area contributed by atoms with Gasteiger partial charge in [0.1, 0.15) is 23.2 Å². The summed E-state index contributed by atoms with van der Waals surface area (Å²) in [6.07, 6.45) is 3.83. The molecular formula is C29H33N3O6. The topological polar surface area (TPSA) is 120 Å². The Hall–Kier alpha value is -4.14. The number of carbonyl (C=O) groups is 2. The Morgan fingerprint density at radius 3 is 1.87 bits per heavy atom. The molecule has 38 heavy (non-hydrogen) atoms. The average molecular weight is 520 g/mol. The molecular weight excluding hydrogens is 486 g/mol. The highest BCUT2D eigenvalue weighted by Gasteiger charge is 2.33. The molecule has 1 saturated carbocycles. The summed E-state index contributed by atoms with van der Waals surface area (Å²) >= 11 is 0. The molecule has 0 saturated heterocycles. The van der Waals surface area contributed by atoms with Crippen molar-refractivity contribution in [1.82, 2.24) is 15.3 Å². The lowest BCUT2D eigenvalue weighted by atomic mass is 9.78. The van der Waals surface area contributed by atoms with Crippen LogP contribution in [0.4, 0.5) is 4.79 Å². The number of ether oxygens (including phenoxy) is 3. The number of carboxylic acids is 1. The predicted molar refractivity (Wildman–Crippen MR) is 141 cm³/mol. The molecule has 9 nitrogen and oxygen atoms in total. The van der Waals surface area contributed by atoms with E-state index in [2.05, 4.69) is 41.3 Å². The summed E-state index contributed by atoms with van der Waals surface area (Å²) in [6.45, 7) is 9.83. The molecule has 1 aliphatic carbocycles. The van der Waals surface area contributed by atoms with Gasteiger partial charge in [-0.15, -0.1) is 0 Å². The molecule has 3 aromatic rings. The van der Waals surface area contributed by atoms with Crippen LogP contribution >= 0.6 is 0 Å². The van der Waals surface area contributed by atoms with E-state index < -0.39 is 17.7 Å². The molecule has 2 N–H and O–H groups in total. The van der Waals surface area contributed by atoms with E-state index in [-0.39, 0.29) is 23.4 Å². The van der Waals surface area contributed by atoms with Crippen LogP contribution in [0.15, 0.2) is 60.9 Å². The maximum Gasteiger partial charge on any atom is 0.407 e. The minimum atomic E-state index is -1.19. The van der Waals surface area contributed by atoms with Gasteiger partial charge >= 0.3 is 12.1 Å². The second-order valence-electron chi connectivity index (χ2n) is 10.9. The highest BCUT2D eigenvalue weighted by molar-refractivity contribution is 5.82. The molecule has 2 aromatic carbocycles. The number of benzene rings is 2. The number of hydrogen-bond acceptors (Lipinski definition) is 7. The van der Waals surface area contributed by atoms with E-state index in [0.29, 0.717) is 11.5 Å². The molecule has 0 aliphatic heterocycles. The van der Waals surface area contributed by atoms with Crippen molar-refractivity contribution >= 4 is 12.1 Å². The summed E-state index contributed by atoms with van der Waals surface area (Å²) in [5, 5.41) is 11.8. The van der Waals surface area contributed by atoms with Crippen molar-refractivity contribution in [2.45, 2.75) is 70.6 Å². The van der Waals surface area contributed by atoms with E-state index >= 15 is 0 Å². The van der Waals surface area contributed by atoms with E-state index in [0.717, 1.165) is 29.7 Å². The minimum absolute atomic E-state index is 0.0621. The quantitative estimate of drug-likeness (QED) is 0.387. The van der Waals surface area contributed by atoms with Crippen LogP contribution in [0.5, 0.6) is 17.2 Å². The molecule has 1 heterocycles. The molecule has 4 rings (SSSR count). The van der Waals surface area contributed by atoms with Gasteiger partial charge in [-0.1, -0.05) is 38.1 Å². The molecule has 200 valence electrons. The van der Waals surface area contributed by atoms with E-state index in [1.165, 1.54) is 12.4 Å². The number of hydrogen-bond donors (Lipinski definition) is 2. The van der Waals surface area contributed by atoms with Crippen LogP contribution in [0, 0.1) is 0 Å². The van der Waals surface area contributed by atoms with Crippen molar-refractivity contribution in [3.05, 3.63) is 77.9 Å². The van der Waals surface area contributed by atoms with Gasteiger partial charge in [-0.05, 0) is 56.2 Å².